The van der Waals surface area contributed by atoms with Gasteiger partial charge in [0.15, 0.2) is 0 Å². The summed E-state index contributed by atoms with van der Waals surface area (Å²) >= 11 is 0. The number of alkyl halides is 2. The molecule has 0 aliphatic heterocycles. The van der Waals surface area contributed by atoms with Gasteiger partial charge in [0.25, 0.3) is 0 Å². The molecule has 0 saturated heterocycles. The molecule has 2 aromatic rings. The molecule has 0 bridgehead atoms. The predicted molar refractivity (Wildman–Crippen MR) is 87.8 cm³/mol. The Morgan fingerprint density at radius 3 is 2.33 bits per heavy atom. The maximum Gasteiger partial charge on any atom is 0.387 e. The molecule has 24 heavy (non-hydrogen) atoms. The minimum Gasteiger partial charge on any atom is -0.492 e. The molecule has 7 heteroatoms. The molecular weight excluding hydrogens is 318 g/mol. The van der Waals surface area contributed by atoms with Crippen molar-refractivity contribution in [3.8, 4) is 11.5 Å². The smallest absolute Gasteiger partial charge is 0.387 e. The van der Waals surface area contributed by atoms with Crippen LogP contribution in [0.25, 0.3) is 0 Å². The first-order valence-electron chi connectivity index (χ1n) is 7.39. The van der Waals surface area contributed by atoms with Gasteiger partial charge in [-0.2, -0.15) is 8.78 Å². The van der Waals surface area contributed by atoms with Gasteiger partial charge in [-0.05, 0) is 31.2 Å². The number of para-hydroxylation sites is 4. The molecule has 0 unspecified atom stereocenters. The van der Waals surface area contributed by atoms with Crippen LogP contribution in [-0.2, 0) is 4.79 Å². The van der Waals surface area contributed by atoms with Crippen LogP contribution in [0.5, 0.6) is 11.5 Å². The Hall–Kier alpha value is -2.83. The minimum absolute atomic E-state index is 0.0485. The lowest BCUT2D eigenvalue weighted by molar-refractivity contribution is -0.114. The number of halogens is 2. The molecule has 0 aliphatic carbocycles. The van der Waals surface area contributed by atoms with E-state index in [2.05, 4.69) is 15.4 Å². The average Bonchev–Trinajstić information content (AvgIpc) is 2.56. The van der Waals surface area contributed by atoms with Crippen molar-refractivity contribution in [3.63, 3.8) is 0 Å². The standard InChI is InChI=1S/C17H18F2N2O3/c1-2-23-14-9-5-3-7-12(14)20-11-16(22)21-13-8-4-6-10-15(13)24-17(18)19/h3-10,17,20H,2,11H2,1H3,(H,21,22). The number of carbonyl (C=O) groups excluding carboxylic acids is 1. The van der Waals surface area contributed by atoms with E-state index in [0.717, 1.165) is 0 Å². The summed E-state index contributed by atoms with van der Waals surface area (Å²) in [5.41, 5.74) is 0.856. The van der Waals surface area contributed by atoms with Gasteiger partial charge in [0.1, 0.15) is 11.5 Å². The van der Waals surface area contributed by atoms with Crippen LogP contribution in [0.3, 0.4) is 0 Å². The van der Waals surface area contributed by atoms with Gasteiger partial charge in [-0.15, -0.1) is 0 Å². The van der Waals surface area contributed by atoms with Crippen molar-refractivity contribution in [3.05, 3.63) is 48.5 Å². The van der Waals surface area contributed by atoms with Gasteiger partial charge in [-0.3, -0.25) is 4.79 Å². The summed E-state index contributed by atoms with van der Waals surface area (Å²) in [7, 11) is 0. The molecule has 1 amide bonds. The van der Waals surface area contributed by atoms with Crippen LogP contribution in [0.1, 0.15) is 6.92 Å². The lowest BCUT2D eigenvalue weighted by atomic mass is 10.2. The van der Waals surface area contributed by atoms with E-state index in [0.29, 0.717) is 18.0 Å². The maximum atomic E-state index is 12.4. The Kier molecular flexibility index (Phi) is 6.36. The summed E-state index contributed by atoms with van der Waals surface area (Å²) in [5.74, 6) is 0.149. The Balaban J connectivity index is 1.97. The zero-order valence-electron chi connectivity index (χ0n) is 13.1. The van der Waals surface area contributed by atoms with Crippen molar-refractivity contribution in [1.82, 2.24) is 0 Å². The molecule has 2 aromatic carbocycles. The topological polar surface area (TPSA) is 59.6 Å². The molecule has 0 aromatic heterocycles. The highest BCUT2D eigenvalue weighted by Crippen LogP contribution is 2.26. The SMILES string of the molecule is CCOc1ccccc1NCC(=O)Nc1ccccc1OC(F)F. The fraction of sp³-hybridized carbons (Fsp3) is 0.235. The summed E-state index contributed by atoms with van der Waals surface area (Å²) in [6.07, 6.45) is 0. The highest BCUT2D eigenvalue weighted by molar-refractivity contribution is 5.95. The predicted octanol–water partition coefficient (Wildman–Crippen LogP) is 3.74. The van der Waals surface area contributed by atoms with Crippen LogP contribution in [0.15, 0.2) is 48.5 Å². The quantitative estimate of drug-likeness (QED) is 0.771. The number of rotatable bonds is 8. The molecule has 2 N–H and O–H groups in total. The largest absolute Gasteiger partial charge is 0.492 e. The zero-order valence-corrected chi connectivity index (χ0v) is 13.1. The van der Waals surface area contributed by atoms with Crippen molar-refractivity contribution < 1.29 is 23.0 Å². The third-order valence-corrected chi connectivity index (χ3v) is 3.00. The molecule has 0 saturated carbocycles. The number of amides is 1. The Morgan fingerprint density at radius 2 is 1.67 bits per heavy atom. The molecule has 2 rings (SSSR count). The van der Waals surface area contributed by atoms with Crippen molar-refractivity contribution in [2.75, 3.05) is 23.8 Å². The summed E-state index contributed by atoms with van der Waals surface area (Å²) in [6, 6.07) is 13.2. The highest BCUT2D eigenvalue weighted by atomic mass is 19.3. The summed E-state index contributed by atoms with van der Waals surface area (Å²) in [5, 5.41) is 5.49. The van der Waals surface area contributed by atoms with Gasteiger partial charge in [0.2, 0.25) is 5.91 Å². The van der Waals surface area contributed by atoms with Crippen molar-refractivity contribution >= 4 is 17.3 Å². The number of ether oxygens (including phenoxy) is 2. The van der Waals surface area contributed by atoms with Crippen LogP contribution in [0.4, 0.5) is 20.2 Å². The van der Waals surface area contributed by atoms with E-state index in [1.165, 1.54) is 12.1 Å². The second kappa shape index (κ2) is 8.71. The number of carbonyl (C=O) groups is 1. The lowest BCUT2D eigenvalue weighted by Crippen LogP contribution is -2.22. The highest BCUT2D eigenvalue weighted by Gasteiger charge is 2.12. The number of anilines is 2. The van der Waals surface area contributed by atoms with E-state index >= 15 is 0 Å². The number of benzene rings is 2. The molecule has 0 fully saturated rings. The first kappa shape index (κ1) is 17.5. The van der Waals surface area contributed by atoms with Crippen LogP contribution >= 0.6 is 0 Å². The first-order chi connectivity index (χ1) is 11.6. The van der Waals surface area contributed by atoms with Gasteiger partial charge < -0.3 is 20.1 Å². The van der Waals surface area contributed by atoms with Crippen LogP contribution in [0.2, 0.25) is 0 Å². The van der Waals surface area contributed by atoms with E-state index in [-0.39, 0.29) is 18.0 Å². The fourth-order valence-electron chi connectivity index (χ4n) is 2.03. The average molecular weight is 336 g/mol. The van der Waals surface area contributed by atoms with E-state index in [9.17, 15) is 13.6 Å². The van der Waals surface area contributed by atoms with E-state index in [1.54, 1.807) is 24.3 Å². The summed E-state index contributed by atoms with van der Waals surface area (Å²) in [4.78, 5) is 12.0. The second-order valence-corrected chi connectivity index (χ2v) is 4.71. The minimum atomic E-state index is -2.96. The van der Waals surface area contributed by atoms with Crippen molar-refractivity contribution in [2.45, 2.75) is 13.5 Å². The Bertz CT molecular complexity index is 680. The molecule has 0 spiro atoms. The third kappa shape index (κ3) is 5.12. The normalized spacial score (nSPS) is 10.3. The van der Waals surface area contributed by atoms with Crippen molar-refractivity contribution in [1.29, 1.82) is 0 Å². The summed E-state index contributed by atoms with van der Waals surface area (Å²) in [6.45, 7) is -0.640. The zero-order chi connectivity index (χ0) is 17.4. The van der Waals surface area contributed by atoms with Crippen LogP contribution in [-0.4, -0.2) is 25.7 Å². The van der Waals surface area contributed by atoms with Gasteiger partial charge >= 0.3 is 6.61 Å². The van der Waals surface area contributed by atoms with E-state index < -0.39 is 12.5 Å². The van der Waals surface area contributed by atoms with Gasteiger partial charge in [-0.1, -0.05) is 24.3 Å². The number of hydrogen-bond donors (Lipinski definition) is 2. The molecule has 0 aliphatic rings. The molecular formula is C17H18F2N2O3. The lowest BCUT2D eigenvalue weighted by Gasteiger charge is -2.14. The van der Waals surface area contributed by atoms with Gasteiger partial charge in [0, 0.05) is 0 Å². The molecule has 5 nitrogen and oxygen atoms in total. The second-order valence-electron chi connectivity index (χ2n) is 4.71. The van der Waals surface area contributed by atoms with Gasteiger partial charge in [0.05, 0.1) is 24.5 Å². The van der Waals surface area contributed by atoms with Crippen molar-refractivity contribution in [2.24, 2.45) is 0 Å². The van der Waals surface area contributed by atoms with E-state index in [1.807, 2.05) is 19.1 Å². The van der Waals surface area contributed by atoms with Crippen LogP contribution < -0.4 is 20.1 Å². The molecule has 0 heterocycles. The molecule has 0 atom stereocenters. The summed E-state index contributed by atoms with van der Waals surface area (Å²) < 4.78 is 34.6. The molecule has 128 valence electrons. The monoisotopic (exact) mass is 336 g/mol. The van der Waals surface area contributed by atoms with E-state index in [4.69, 9.17) is 4.74 Å². The fourth-order valence-corrected chi connectivity index (χ4v) is 2.03. The number of nitrogens with one attached hydrogen (secondary N) is 2. The third-order valence-electron chi connectivity index (χ3n) is 3.00. The Labute approximate surface area is 138 Å². The first-order valence-corrected chi connectivity index (χ1v) is 7.39. The van der Waals surface area contributed by atoms with Gasteiger partial charge in [-0.25, -0.2) is 0 Å². The number of hydrogen-bond acceptors (Lipinski definition) is 4. The maximum absolute atomic E-state index is 12.4. The molecule has 0 radical (unpaired) electrons. The Morgan fingerprint density at radius 1 is 1.04 bits per heavy atom. The van der Waals surface area contributed by atoms with Crippen LogP contribution in [0, 0.1) is 0 Å².